The molecule has 1 aromatic carbocycles. The molecule has 4 heteroatoms. The fourth-order valence-corrected chi connectivity index (χ4v) is 1.88. The molecule has 0 amide bonds. The van der Waals surface area contributed by atoms with Crippen molar-refractivity contribution in [2.24, 2.45) is 0 Å². The third-order valence-electron chi connectivity index (χ3n) is 2.80. The molecule has 0 radical (unpaired) electrons. The average molecular weight is 247 g/mol. The molecule has 0 saturated heterocycles. The second-order valence-corrected chi connectivity index (χ2v) is 4.43. The Balaban J connectivity index is 2.49. The van der Waals surface area contributed by atoms with E-state index in [9.17, 15) is 9.18 Å². The molecule has 1 aromatic heterocycles. The van der Waals surface area contributed by atoms with Crippen molar-refractivity contribution in [1.82, 2.24) is 4.57 Å². The van der Waals surface area contributed by atoms with Gasteiger partial charge in [0.05, 0.1) is 0 Å². The fourth-order valence-electron chi connectivity index (χ4n) is 1.88. The summed E-state index contributed by atoms with van der Waals surface area (Å²) >= 11 is 0. The van der Waals surface area contributed by atoms with E-state index in [0.29, 0.717) is 0 Å². The molecule has 94 valence electrons. The van der Waals surface area contributed by atoms with Crippen LogP contribution in [0.1, 0.15) is 30.4 Å². The molecular weight excluding hydrogens is 233 g/mol. The Morgan fingerprint density at radius 1 is 1.22 bits per heavy atom. The molecule has 1 heterocycles. The summed E-state index contributed by atoms with van der Waals surface area (Å²) in [5.41, 5.74) is 1.82. The third-order valence-corrected chi connectivity index (χ3v) is 2.80. The highest BCUT2D eigenvalue weighted by molar-refractivity contribution is 5.88. The van der Waals surface area contributed by atoms with E-state index in [1.807, 2.05) is 13.8 Å². The van der Waals surface area contributed by atoms with Crippen LogP contribution < -0.4 is 0 Å². The largest absolute Gasteiger partial charge is 0.477 e. The highest BCUT2D eigenvalue weighted by atomic mass is 19.1. The Bertz CT molecular complexity index is 570. The lowest BCUT2D eigenvalue weighted by atomic mass is 10.1. The minimum Gasteiger partial charge on any atom is -0.477 e. The number of hydrogen-bond donors (Lipinski definition) is 1. The number of aromatic carboxylic acids is 1. The minimum absolute atomic E-state index is 0.0605. The van der Waals surface area contributed by atoms with Gasteiger partial charge >= 0.3 is 5.97 Å². The summed E-state index contributed by atoms with van der Waals surface area (Å²) in [5, 5.41) is 9.14. The summed E-state index contributed by atoms with van der Waals surface area (Å²) in [7, 11) is 0. The van der Waals surface area contributed by atoms with Crippen LogP contribution in [-0.2, 0) is 0 Å². The summed E-state index contributed by atoms with van der Waals surface area (Å²) in [6.45, 7) is 3.84. The average Bonchev–Trinajstić information content (AvgIpc) is 2.75. The summed E-state index contributed by atoms with van der Waals surface area (Å²) < 4.78 is 14.5. The first kappa shape index (κ1) is 12.4. The number of nitrogens with zero attached hydrogens (tertiary/aromatic N) is 1. The van der Waals surface area contributed by atoms with E-state index in [-0.39, 0.29) is 17.6 Å². The molecule has 2 aromatic rings. The van der Waals surface area contributed by atoms with Gasteiger partial charge in [0.25, 0.3) is 0 Å². The molecule has 2 rings (SSSR count). The lowest BCUT2D eigenvalue weighted by Gasteiger charge is -2.09. The van der Waals surface area contributed by atoms with Crippen LogP contribution in [0.5, 0.6) is 0 Å². The van der Waals surface area contributed by atoms with Gasteiger partial charge in [0.2, 0.25) is 0 Å². The van der Waals surface area contributed by atoms with Crippen LogP contribution in [0.25, 0.3) is 11.1 Å². The maximum absolute atomic E-state index is 12.8. The molecule has 0 aliphatic rings. The van der Waals surface area contributed by atoms with Gasteiger partial charge in [0.1, 0.15) is 11.5 Å². The topological polar surface area (TPSA) is 42.2 Å². The van der Waals surface area contributed by atoms with E-state index >= 15 is 0 Å². The van der Waals surface area contributed by atoms with Gasteiger partial charge in [-0.2, -0.15) is 0 Å². The predicted octanol–water partition coefficient (Wildman–Crippen LogP) is 3.57. The molecule has 0 atom stereocenters. The minimum atomic E-state index is -0.961. The van der Waals surface area contributed by atoms with Crippen LogP contribution in [-0.4, -0.2) is 15.6 Å². The number of hydrogen-bond acceptors (Lipinski definition) is 1. The number of carboxylic acid groups (broad SMARTS) is 1. The monoisotopic (exact) mass is 247 g/mol. The zero-order valence-electron chi connectivity index (χ0n) is 10.2. The molecule has 1 N–H and O–H groups in total. The SMILES string of the molecule is CC(C)n1cc(-c2ccc(F)cc2)cc1C(=O)O. The van der Waals surface area contributed by atoms with Crippen LogP contribution in [0.4, 0.5) is 4.39 Å². The van der Waals surface area contributed by atoms with Crippen molar-refractivity contribution in [3.05, 3.63) is 48.0 Å². The Morgan fingerprint density at radius 2 is 1.83 bits per heavy atom. The van der Waals surface area contributed by atoms with Gasteiger partial charge in [0.15, 0.2) is 0 Å². The first-order valence-electron chi connectivity index (χ1n) is 5.70. The standard InChI is InChI=1S/C14H14FNO2/c1-9(2)16-8-11(7-13(16)14(17)18)10-3-5-12(15)6-4-10/h3-9H,1-2H3,(H,17,18). The van der Waals surface area contributed by atoms with Crippen LogP contribution in [0.2, 0.25) is 0 Å². The second-order valence-electron chi connectivity index (χ2n) is 4.43. The van der Waals surface area contributed by atoms with E-state index in [2.05, 4.69) is 0 Å². The Morgan fingerprint density at radius 3 is 2.28 bits per heavy atom. The van der Waals surface area contributed by atoms with Gasteiger partial charge in [-0.25, -0.2) is 9.18 Å². The highest BCUT2D eigenvalue weighted by Crippen LogP contribution is 2.25. The molecule has 3 nitrogen and oxygen atoms in total. The van der Waals surface area contributed by atoms with E-state index < -0.39 is 5.97 Å². The number of halogens is 1. The smallest absolute Gasteiger partial charge is 0.352 e. The second kappa shape index (κ2) is 4.64. The lowest BCUT2D eigenvalue weighted by molar-refractivity contribution is 0.0683. The molecule has 0 saturated carbocycles. The van der Waals surface area contributed by atoms with Crippen LogP contribution in [0.15, 0.2) is 36.5 Å². The highest BCUT2D eigenvalue weighted by Gasteiger charge is 2.15. The number of carbonyl (C=O) groups is 1. The third kappa shape index (κ3) is 2.27. The van der Waals surface area contributed by atoms with E-state index in [1.54, 1.807) is 29.0 Å². The molecule has 0 fully saturated rings. The summed E-state index contributed by atoms with van der Waals surface area (Å²) in [4.78, 5) is 11.1. The Kier molecular flexibility index (Phi) is 3.19. The van der Waals surface area contributed by atoms with Crippen molar-refractivity contribution >= 4 is 5.97 Å². The molecule has 0 spiro atoms. The zero-order chi connectivity index (χ0) is 13.3. The molecule has 18 heavy (non-hydrogen) atoms. The summed E-state index contributed by atoms with van der Waals surface area (Å²) in [6.07, 6.45) is 1.78. The van der Waals surface area contributed by atoms with Crippen LogP contribution in [0, 0.1) is 5.82 Å². The number of rotatable bonds is 3. The Labute approximate surface area is 104 Å². The number of benzene rings is 1. The first-order valence-corrected chi connectivity index (χ1v) is 5.70. The lowest BCUT2D eigenvalue weighted by Crippen LogP contribution is -2.09. The molecule has 0 aliphatic heterocycles. The Hall–Kier alpha value is -2.10. The van der Waals surface area contributed by atoms with Crippen molar-refractivity contribution in [1.29, 1.82) is 0 Å². The van der Waals surface area contributed by atoms with Crippen molar-refractivity contribution in [3.8, 4) is 11.1 Å². The molecule has 0 unspecified atom stereocenters. The maximum Gasteiger partial charge on any atom is 0.352 e. The molecule has 0 aliphatic carbocycles. The summed E-state index contributed by atoms with van der Waals surface area (Å²) in [5.74, 6) is -1.27. The van der Waals surface area contributed by atoms with E-state index in [0.717, 1.165) is 11.1 Å². The number of carboxylic acids is 1. The van der Waals surface area contributed by atoms with Gasteiger partial charge < -0.3 is 9.67 Å². The zero-order valence-corrected chi connectivity index (χ0v) is 10.2. The normalized spacial score (nSPS) is 10.9. The van der Waals surface area contributed by atoms with Gasteiger partial charge in [-0.3, -0.25) is 0 Å². The molecule has 0 bridgehead atoms. The maximum atomic E-state index is 12.8. The van der Waals surface area contributed by atoms with Gasteiger partial charge in [0, 0.05) is 17.8 Å². The van der Waals surface area contributed by atoms with E-state index in [1.165, 1.54) is 12.1 Å². The van der Waals surface area contributed by atoms with Crippen molar-refractivity contribution in [3.63, 3.8) is 0 Å². The quantitative estimate of drug-likeness (QED) is 0.900. The van der Waals surface area contributed by atoms with E-state index in [4.69, 9.17) is 5.11 Å². The van der Waals surface area contributed by atoms with Gasteiger partial charge in [-0.1, -0.05) is 12.1 Å². The van der Waals surface area contributed by atoms with Gasteiger partial charge in [-0.05, 0) is 37.6 Å². The summed E-state index contributed by atoms with van der Waals surface area (Å²) in [6, 6.07) is 7.67. The van der Waals surface area contributed by atoms with Gasteiger partial charge in [-0.15, -0.1) is 0 Å². The van der Waals surface area contributed by atoms with Crippen molar-refractivity contribution in [2.75, 3.05) is 0 Å². The molecular formula is C14H14FNO2. The number of aromatic nitrogens is 1. The first-order chi connectivity index (χ1) is 8.49. The predicted molar refractivity (Wildman–Crippen MR) is 67.2 cm³/mol. The van der Waals surface area contributed by atoms with Crippen LogP contribution >= 0.6 is 0 Å². The fraction of sp³-hybridized carbons (Fsp3) is 0.214. The van der Waals surface area contributed by atoms with Crippen molar-refractivity contribution in [2.45, 2.75) is 19.9 Å². The van der Waals surface area contributed by atoms with Crippen LogP contribution in [0.3, 0.4) is 0 Å². The van der Waals surface area contributed by atoms with Crippen molar-refractivity contribution < 1.29 is 14.3 Å².